The third-order valence-electron chi connectivity index (χ3n) is 3.22. The zero-order valence-electron chi connectivity index (χ0n) is 10.7. The lowest BCUT2D eigenvalue weighted by molar-refractivity contribution is -0.112. The highest BCUT2D eigenvalue weighted by Gasteiger charge is 2.35. The fourth-order valence-corrected chi connectivity index (χ4v) is 2.26. The zero-order valence-corrected chi connectivity index (χ0v) is 10.7. The van der Waals surface area contributed by atoms with Crippen molar-refractivity contribution in [3.63, 3.8) is 0 Å². The Morgan fingerprint density at radius 1 is 1.32 bits per heavy atom. The van der Waals surface area contributed by atoms with E-state index in [1.165, 1.54) is 0 Å². The van der Waals surface area contributed by atoms with Gasteiger partial charge in [-0.15, -0.1) is 0 Å². The third-order valence-corrected chi connectivity index (χ3v) is 3.22. The van der Waals surface area contributed by atoms with E-state index in [2.05, 4.69) is 10.6 Å². The van der Waals surface area contributed by atoms with E-state index >= 15 is 0 Å². The van der Waals surface area contributed by atoms with Crippen LogP contribution in [0.1, 0.15) is 27.6 Å². The summed E-state index contributed by atoms with van der Waals surface area (Å²) in [5, 5.41) is 25.2. The second-order valence-corrected chi connectivity index (χ2v) is 4.57. The molecule has 2 atom stereocenters. The summed E-state index contributed by atoms with van der Waals surface area (Å²) in [5.41, 5.74) is 1.51. The number of hydrogen-bond donors (Lipinski definition) is 4. The molecule has 0 fully saturated rings. The average molecular weight is 264 g/mol. The molecule has 4 N–H and O–H groups in total. The molecule has 102 valence electrons. The predicted octanol–water partition coefficient (Wildman–Crippen LogP) is -0.256. The van der Waals surface area contributed by atoms with E-state index in [0.29, 0.717) is 16.8 Å². The van der Waals surface area contributed by atoms with Gasteiger partial charge in [0.2, 0.25) is 0 Å². The number of anilines is 1. The number of aliphatic hydroxyl groups excluding tert-OH is 2. The van der Waals surface area contributed by atoms with E-state index in [0.717, 1.165) is 0 Å². The molecule has 0 radical (unpaired) electrons. The maximum absolute atomic E-state index is 11.8. The first-order valence-electron chi connectivity index (χ1n) is 5.97. The van der Waals surface area contributed by atoms with Gasteiger partial charge in [0, 0.05) is 6.54 Å². The first-order chi connectivity index (χ1) is 8.97. The Labute approximate surface area is 110 Å². The molecule has 0 saturated heterocycles. The topological polar surface area (TPSA) is 98.7 Å². The summed E-state index contributed by atoms with van der Waals surface area (Å²) in [6.07, 6.45) is -2.28. The Morgan fingerprint density at radius 3 is 2.63 bits per heavy atom. The third kappa shape index (κ3) is 2.25. The van der Waals surface area contributed by atoms with E-state index in [-0.39, 0.29) is 12.1 Å². The summed E-state index contributed by atoms with van der Waals surface area (Å²) >= 11 is 0. The quantitative estimate of drug-likeness (QED) is 0.562. The van der Waals surface area contributed by atoms with Crippen molar-refractivity contribution in [2.75, 3.05) is 18.9 Å². The van der Waals surface area contributed by atoms with Crippen LogP contribution in [-0.4, -0.2) is 41.6 Å². The van der Waals surface area contributed by atoms with Gasteiger partial charge >= 0.3 is 0 Å². The highest BCUT2D eigenvalue weighted by Crippen LogP contribution is 2.33. The summed E-state index contributed by atoms with van der Waals surface area (Å²) in [5.74, 6) is -1.39. The number of rotatable bonds is 4. The van der Waals surface area contributed by atoms with Crippen molar-refractivity contribution in [1.29, 1.82) is 0 Å². The molecular weight excluding hydrogens is 248 g/mol. The van der Waals surface area contributed by atoms with Crippen LogP contribution in [-0.2, 0) is 4.79 Å². The van der Waals surface area contributed by atoms with Gasteiger partial charge in [0.1, 0.15) is 6.10 Å². The summed E-state index contributed by atoms with van der Waals surface area (Å²) in [7, 11) is 1.65. The van der Waals surface area contributed by atoms with Crippen molar-refractivity contribution < 1.29 is 19.8 Å². The normalized spacial score (nSPS) is 17.1. The molecule has 2 unspecified atom stereocenters. The number of aliphatic hydroxyl groups is 2. The van der Waals surface area contributed by atoms with E-state index in [1.807, 2.05) is 0 Å². The fourth-order valence-electron chi connectivity index (χ4n) is 2.26. The van der Waals surface area contributed by atoms with Crippen LogP contribution in [0.25, 0.3) is 0 Å². The summed E-state index contributed by atoms with van der Waals surface area (Å²) in [6.45, 7) is 1.90. The minimum Gasteiger partial charge on any atom is -0.389 e. The molecule has 6 heteroatoms. The van der Waals surface area contributed by atoms with Gasteiger partial charge < -0.3 is 20.8 Å². The zero-order chi connectivity index (χ0) is 14.2. The smallest absolute Gasteiger partial charge is 0.296 e. The minimum atomic E-state index is -1.22. The molecular formula is C13H16N2O4. The van der Waals surface area contributed by atoms with Crippen LogP contribution in [0, 0.1) is 6.92 Å². The lowest BCUT2D eigenvalue weighted by Crippen LogP contribution is -2.30. The van der Waals surface area contributed by atoms with Crippen molar-refractivity contribution >= 4 is 17.4 Å². The van der Waals surface area contributed by atoms with Crippen molar-refractivity contribution in [1.82, 2.24) is 5.32 Å². The van der Waals surface area contributed by atoms with Gasteiger partial charge in [0.15, 0.2) is 0 Å². The monoisotopic (exact) mass is 264 g/mol. The molecule has 0 saturated carbocycles. The Hall–Kier alpha value is -1.76. The number of carbonyl (C=O) groups is 2. The number of amides is 1. The summed E-state index contributed by atoms with van der Waals surface area (Å²) in [4.78, 5) is 23.2. The van der Waals surface area contributed by atoms with E-state index < -0.39 is 23.9 Å². The number of hydrogen-bond acceptors (Lipinski definition) is 5. The number of carbonyl (C=O) groups excluding carboxylic acids is 2. The molecule has 2 rings (SSSR count). The summed E-state index contributed by atoms with van der Waals surface area (Å²) < 4.78 is 0. The van der Waals surface area contributed by atoms with Gasteiger partial charge in [-0.1, -0.05) is 6.07 Å². The van der Waals surface area contributed by atoms with Gasteiger partial charge in [0.05, 0.1) is 17.4 Å². The molecule has 19 heavy (non-hydrogen) atoms. The van der Waals surface area contributed by atoms with Crippen LogP contribution in [0.3, 0.4) is 0 Å². The highest BCUT2D eigenvalue weighted by atomic mass is 16.3. The van der Waals surface area contributed by atoms with Crippen LogP contribution in [0.5, 0.6) is 0 Å². The number of benzene rings is 1. The average Bonchev–Trinajstić information content (AvgIpc) is 2.65. The Balaban J connectivity index is 2.49. The van der Waals surface area contributed by atoms with Crippen molar-refractivity contribution in [2.45, 2.75) is 19.1 Å². The minimum absolute atomic E-state index is 0.160. The SMILES string of the molecule is CNCC(O)C(O)c1c(C)ccc2c1C(=O)C(=O)N2. The van der Waals surface area contributed by atoms with E-state index in [1.54, 1.807) is 26.1 Å². The van der Waals surface area contributed by atoms with E-state index in [9.17, 15) is 19.8 Å². The maximum atomic E-state index is 11.8. The molecule has 1 aromatic rings. The van der Waals surface area contributed by atoms with Crippen LogP contribution < -0.4 is 10.6 Å². The number of fused-ring (bicyclic) bond motifs is 1. The fraction of sp³-hybridized carbons (Fsp3) is 0.385. The van der Waals surface area contributed by atoms with Crippen LogP contribution in [0.4, 0.5) is 5.69 Å². The standard InChI is InChI=1S/C13H16N2O4/c1-6-3-4-7-10(12(18)13(19)15-7)9(6)11(17)8(16)5-14-2/h3-4,8,11,14,16-17H,5H2,1-2H3,(H,15,18,19). The Kier molecular flexibility index (Phi) is 3.66. The number of Topliss-reactive ketones (excluding diaryl/α,β-unsaturated/α-hetero) is 1. The van der Waals surface area contributed by atoms with Gasteiger partial charge in [-0.05, 0) is 31.2 Å². The lowest BCUT2D eigenvalue weighted by Gasteiger charge is -2.21. The molecule has 0 aliphatic carbocycles. The Morgan fingerprint density at radius 2 is 2.00 bits per heavy atom. The van der Waals surface area contributed by atoms with Crippen molar-refractivity contribution in [2.24, 2.45) is 0 Å². The van der Waals surface area contributed by atoms with Crippen molar-refractivity contribution in [3.05, 3.63) is 28.8 Å². The molecule has 1 aliphatic rings. The Bertz CT molecular complexity index is 542. The molecule has 1 amide bonds. The van der Waals surface area contributed by atoms with Gasteiger partial charge in [0.25, 0.3) is 11.7 Å². The number of likely N-dealkylation sites (N-methyl/N-ethyl adjacent to an activating group) is 1. The number of ketones is 1. The largest absolute Gasteiger partial charge is 0.389 e. The molecule has 6 nitrogen and oxygen atoms in total. The number of aryl methyl sites for hydroxylation is 1. The second-order valence-electron chi connectivity index (χ2n) is 4.57. The van der Waals surface area contributed by atoms with Crippen LogP contribution in [0.15, 0.2) is 12.1 Å². The lowest BCUT2D eigenvalue weighted by atomic mass is 9.92. The predicted molar refractivity (Wildman–Crippen MR) is 69.0 cm³/mol. The second kappa shape index (κ2) is 5.08. The van der Waals surface area contributed by atoms with Crippen LogP contribution in [0.2, 0.25) is 0 Å². The first kappa shape index (κ1) is 13.7. The highest BCUT2D eigenvalue weighted by molar-refractivity contribution is 6.52. The maximum Gasteiger partial charge on any atom is 0.296 e. The molecule has 0 spiro atoms. The summed E-state index contributed by atoms with van der Waals surface area (Å²) in [6, 6.07) is 3.32. The molecule has 1 aliphatic heterocycles. The molecule has 0 bridgehead atoms. The molecule has 1 heterocycles. The van der Waals surface area contributed by atoms with Crippen LogP contribution >= 0.6 is 0 Å². The molecule has 0 aromatic heterocycles. The van der Waals surface area contributed by atoms with Crippen molar-refractivity contribution in [3.8, 4) is 0 Å². The number of nitrogens with one attached hydrogen (secondary N) is 2. The van der Waals surface area contributed by atoms with Gasteiger partial charge in [-0.2, -0.15) is 0 Å². The first-order valence-corrected chi connectivity index (χ1v) is 5.97. The van der Waals surface area contributed by atoms with Gasteiger partial charge in [-0.25, -0.2) is 0 Å². The van der Waals surface area contributed by atoms with E-state index in [4.69, 9.17) is 0 Å². The molecule has 1 aromatic carbocycles. The van der Waals surface area contributed by atoms with Gasteiger partial charge in [-0.3, -0.25) is 9.59 Å².